The number of hydrogen-bond donors (Lipinski definition) is 2. The average molecular weight is 537 g/mol. The number of nitrogens with one attached hydrogen (secondary N) is 2. The second-order valence-corrected chi connectivity index (χ2v) is 6.83. The highest BCUT2D eigenvalue weighted by molar-refractivity contribution is 14.0. The summed E-state index contributed by atoms with van der Waals surface area (Å²) in [6.07, 6.45) is 5.59. The first-order valence-corrected chi connectivity index (χ1v) is 10.1. The maximum atomic E-state index is 12.9. The van der Waals surface area contributed by atoms with Crippen LogP contribution >= 0.6 is 24.0 Å². The normalized spacial score (nSPS) is 11.0. The molecule has 0 unspecified atom stereocenters. The molecule has 0 saturated heterocycles. The molecule has 2 N–H and O–H groups in total. The third-order valence-corrected chi connectivity index (χ3v) is 4.63. The van der Waals surface area contributed by atoms with Gasteiger partial charge in [0.2, 0.25) is 0 Å². The second kappa shape index (κ2) is 13.6. The van der Waals surface area contributed by atoms with Gasteiger partial charge < -0.3 is 15.4 Å². The molecule has 0 atom stereocenters. The maximum Gasteiger partial charge on any atom is 0.191 e. The van der Waals surface area contributed by atoms with E-state index in [0.717, 1.165) is 31.9 Å². The van der Waals surface area contributed by atoms with Crippen LogP contribution in [-0.4, -0.2) is 35.9 Å². The smallest absolute Gasteiger partial charge is 0.191 e. The molecule has 0 radical (unpaired) electrons. The first-order chi connectivity index (χ1) is 14.7. The summed E-state index contributed by atoms with van der Waals surface area (Å²) in [6, 6.07) is 16.3. The summed E-state index contributed by atoms with van der Waals surface area (Å²) in [5, 5.41) is 11.0. The van der Waals surface area contributed by atoms with Gasteiger partial charge in [-0.25, -0.2) is 4.39 Å². The van der Waals surface area contributed by atoms with Crippen LogP contribution in [0.25, 0.3) is 0 Å². The van der Waals surface area contributed by atoms with E-state index in [1.807, 2.05) is 29.1 Å². The van der Waals surface area contributed by atoms with Gasteiger partial charge in [0.05, 0.1) is 13.2 Å². The zero-order chi connectivity index (χ0) is 21.0. The van der Waals surface area contributed by atoms with Gasteiger partial charge in [0, 0.05) is 32.5 Å². The molecule has 0 fully saturated rings. The second-order valence-electron chi connectivity index (χ2n) is 6.83. The van der Waals surface area contributed by atoms with E-state index < -0.39 is 0 Å². The standard InChI is InChI=1S/C23H28FN5O.HI/c1-25-23(26-13-4-5-16-30-22-11-9-21(24)10-12-22)27-17-19-7-2-3-8-20(19)18-29-15-6-14-28-29;/h2-3,6-12,14-15H,4-5,13,16-18H2,1H3,(H2,25,26,27);1H. The van der Waals surface area contributed by atoms with E-state index in [1.165, 1.54) is 23.3 Å². The topological polar surface area (TPSA) is 63.5 Å². The largest absolute Gasteiger partial charge is 0.494 e. The van der Waals surface area contributed by atoms with Crippen LogP contribution < -0.4 is 15.4 Å². The number of aromatic nitrogens is 2. The van der Waals surface area contributed by atoms with Crippen molar-refractivity contribution < 1.29 is 9.13 Å². The van der Waals surface area contributed by atoms with Crippen LogP contribution in [0, 0.1) is 5.82 Å². The van der Waals surface area contributed by atoms with Crippen molar-refractivity contribution in [3.05, 3.63) is 83.9 Å². The molecule has 0 saturated carbocycles. The SMILES string of the molecule is CN=C(NCCCCOc1ccc(F)cc1)NCc1ccccc1Cn1cccn1.I. The van der Waals surface area contributed by atoms with E-state index in [2.05, 4.69) is 32.9 Å². The number of halogens is 2. The first kappa shape index (κ1) is 24.6. The number of unbranched alkanes of at least 4 members (excludes halogenated alkanes) is 1. The van der Waals surface area contributed by atoms with Gasteiger partial charge >= 0.3 is 0 Å². The highest BCUT2D eigenvalue weighted by Gasteiger charge is 2.04. The quantitative estimate of drug-likeness (QED) is 0.176. The summed E-state index contributed by atoms with van der Waals surface area (Å²) in [5.74, 6) is 1.20. The van der Waals surface area contributed by atoms with E-state index in [-0.39, 0.29) is 29.8 Å². The van der Waals surface area contributed by atoms with Crippen molar-refractivity contribution in [2.45, 2.75) is 25.9 Å². The number of hydrogen-bond acceptors (Lipinski definition) is 3. The molecule has 0 aliphatic heterocycles. The lowest BCUT2D eigenvalue weighted by Crippen LogP contribution is -2.37. The van der Waals surface area contributed by atoms with Crippen LogP contribution in [0.4, 0.5) is 4.39 Å². The highest BCUT2D eigenvalue weighted by Crippen LogP contribution is 2.12. The number of guanidine groups is 1. The molecule has 2 aromatic carbocycles. The fraction of sp³-hybridized carbons (Fsp3) is 0.304. The lowest BCUT2D eigenvalue weighted by molar-refractivity contribution is 0.306. The van der Waals surface area contributed by atoms with Gasteiger partial charge in [-0.15, -0.1) is 24.0 Å². The number of rotatable bonds is 10. The zero-order valence-electron chi connectivity index (χ0n) is 17.6. The Morgan fingerprint density at radius 3 is 2.52 bits per heavy atom. The van der Waals surface area contributed by atoms with E-state index in [1.54, 1.807) is 25.4 Å². The van der Waals surface area contributed by atoms with Gasteiger partial charge in [0.25, 0.3) is 0 Å². The fourth-order valence-electron chi connectivity index (χ4n) is 3.01. The van der Waals surface area contributed by atoms with Crippen LogP contribution in [0.2, 0.25) is 0 Å². The molecule has 8 heteroatoms. The zero-order valence-corrected chi connectivity index (χ0v) is 20.0. The minimum Gasteiger partial charge on any atom is -0.494 e. The van der Waals surface area contributed by atoms with Crippen molar-refractivity contribution in [2.75, 3.05) is 20.2 Å². The summed E-state index contributed by atoms with van der Waals surface area (Å²) in [6.45, 7) is 2.82. The summed E-state index contributed by atoms with van der Waals surface area (Å²) < 4.78 is 20.4. The van der Waals surface area contributed by atoms with Crippen LogP contribution in [0.5, 0.6) is 5.75 Å². The Bertz CT molecular complexity index is 916. The van der Waals surface area contributed by atoms with E-state index in [9.17, 15) is 4.39 Å². The molecule has 6 nitrogen and oxygen atoms in total. The maximum absolute atomic E-state index is 12.9. The molecular formula is C23H29FIN5O. The highest BCUT2D eigenvalue weighted by atomic mass is 127. The molecule has 31 heavy (non-hydrogen) atoms. The monoisotopic (exact) mass is 537 g/mol. The fourth-order valence-corrected chi connectivity index (χ4v) is 3.01. The summed E-state index contributed by atoms with van der Waals surface area (Å²) in [5.41, 5.74) is 2.44. The molecule has 0 aliphatic carbocycles. The molecule has 3 aromatic rings. The number of benzene rings is 2. The van der Waals surface area contributed by atoms with Crippen molar-refractivity contribution >= 4 is 29.9 Å². The van der Waals surface area contributed by atoms with E-state index in [4.69, 9.17) is 4.74 Å². The van der Waals surface area contributed by atoms with Gasteiger partial charge in [-0.1, -0.05) is 24.3 Å². The minimum absolute atomic E-state index is 0. The predicted molar refractivity (Wildman–Crippen MR) is 133 cm³/mol. The average Bonchev–Trinajstić information content (AvgIpc) is 3.28. The molecule has 3 rings (SSSR count). The predicted octanol–water partition coefficient (Wildman–Crippen LogP) is 4.21. The van der Waals surface area contributed by atoms with Gasteiger partial charge in [0.1, 0.15) is 11.6 Å². The molecule has 1 heterocycles. The molecule has 0 aliphatic rings. The van der Waals surface area contributed by atoms with Gasteiger partial charge in [-0.3, -0.25) is 9.67 Å². The van der Waals surface area contributed by atoms with Crippen molar-refractivity contribution in [1.29, 1.82) is 0 Å². The Morgan fingerprint density at radius 2 is 1.81 bits per heavy atom. The van der Waals surface area contributed by atoms with Crippen LogP contribution in [0.3, 0.4) is 0 Å². The molecule has 0 amide bonds. The van der Waals surface area contributed by atoms with Gasteiger partial charge in [0.15, 0.2) is 5.96 Å². The Morgan fingerprint density at radius 1 is 1.03 bits per heavy atom. The Hall–Kier alpha value is -2.62. The van der Waals surface area contributed by atoms with E-state index >= 15 is 0 Å². The molecule has 0 spiro atoms. The number of nitrogens with zero attached hydrogens (tertiary/aromatic N) is 3. The Labute approximate surface area is 199 Å². The van der Waals surface area contributed by atoms with Gasteiger partial charge in [-0.2, -0.15) is 5.10 Å². The molecule has 1 aromatic heterocycles. The lowest BCUT2D eigenvalue weighted by atomic mass is 10.1. The van der Waals surface area contributed by atoms with Crippen molar-refractivity contribution in [1.82, 2.24) is 20.4 Å². The minimum atomic E-state index is -0.255. The molecule has 0 bridgehead atoms. The van der Waals surface area contributed by atoms with Gasteiger partial charge in [-0.05, 0) is 54.3 Å². The third-order valence-electron chi connectivity index (χ3n) is 4.63. The lowest BCUT2D eigenvalue weighted by Gasteiger charge is -2.14. The number of aliphatic imine (C=N–C) groups is 1. The first-order valence-electron chi connectivity index (χ1n) is 10.1. The third kappa shape index (κ3) is 8.56. The number of ether oxygens (including phenoxy) is 1. The van der Waals surface area contributed by atoms with Crippen LogP contribution in [0.1, 0.15) is 24.0 Å². The Kier molecular flexibility index (Phi) is 10.8. The summed E-state index contributed by atoms with van der Waals surface area (Å²) in [4.78, 5) is 4.29. The van der Waals surface area contributed by atoms with E-state index in [0.29, 0.717) is 18.9 Å². The summed E-state index contributed by atoms with van der Waals surface area (Å²) in [7, 11) is 1.77. The summed E-state index contributed by atoms with van der Waals surface area (Å²) >= 11 is 0. The van der Waals surface area contributed by atoms with Crippen molar-refractivity contribution in [3.8, 4) is 5.75 Å². The van der Waals surface area contributed by atoms with Crippen LogP contribution in [0.15, 0.2) is 72.0 Å². The van der Waals surface area contributed by atoms with Crippen LogP contribution in [-0.2, 0) is 13.1 Å². The van der Waals surface area contributed by atoms with Crippen molar-refractivity contribution in [2.24, 2.45) is 4.99 Å². The molecule has 166 valence electrons. The Balaban J connectivity index is 0.00000341. The molecular weight excluding hydrogens is 508 g/mol. The van der Waals surface area contributed by atoms with Crippen molar-refractivity contribution in [3.63, 3.8) is 0 Å².